The van der Waals surface area contributed by atoms with Crippen molar-refractivity contribution in [2.24, 2.45) is 0 Å². The van der Waals surface area contributed by atoms with Gasteiger partial charge in [-0.3, -0.25) is 0 Å². The summed E-state index contributed by atoms with van der Waals surface area (Å²) in [4.78, 5) is 9.00. The normalized spacial score (nSPS) is 12.2. The first-order valence-corrected chi connectivity index (χ1v) is 7.46. The van der Waals surface area contributed by atoms with Gasteiger partial charge >= 0.3 is 0 Å². The van der Waals surface area contributed by atoms with Crippen LogP contribution in [0, 0.1) is 13.8 Å². The third kappa shape index (κ3) is 4.96. The van der Waals surface area contributed by atoms with Crippen LogP contribution in [0.5, 0.6) is 0 Å². The Balaban J connectivity index is 2.89. The van der Waals surface area contributed by atoms with E-state index in [1.165, 1.54) is 0 Å². The molecule has 0 aliphatic rings. The summed E-state index contributed by atoms with van der Waals surface area (Å²) in [6.07, 6.45) is 3.26. The van der Waals surface area contributed by atoms with E-state index in [0.29, 0.717) is 6.61 Å². The zero-order chi connectivity index (χ0) is 15.0. The Hall–Kier alpha value is -1.36. The molecular formula is C15H28N4O. The minimum atomic E-state index is 0.289. The first-order valence-electron chi connectivity index (χ1n) is 7.46. The van der Waals surface area contributed by atoms with Crippen LogP contribution in [0.2, 0.25) is 0 Å². The molecule has 5 nitrogen and oxygen atoms in total. The SMILES string of the molecule is CCCNc1nc(C)nc(NC(CCC)COC)c1C. The van der Waals surface area contributed by atoms with Crippen LogP contribution in [0.3, 0.4) is 0 Å². The van der Waals surface area contributed by atoms with E-state index in [1.807, 2.05) is 6.92 Å². The Bertz CT molecular complexity index is 403. The molecule has 114 valence electrons. The van der Waals surface area contributed by atoms with Crippen LogP contribution in [0.4, 0.5) is 11.6 Å². The molecule has 1 aromatic rings. The molecule has 5 heteroatoms. The molecule has 2 N–H and O–H groups in total. The third-order valence-electron chi connectivity index (χ3n) is 3.15. The van der Waals surface area contributed by atoms with E-state index in [-0.39, 0.29) is 6.04 Å². The quantitative estimate of drug-likeness (QED) is 0.727. The van der Waals surface area contributed by atoms with Crippen molar-refractivity contribution < 1.29 is 4.74 Å². The molecule has 0 bridgehead atoms. The molecule has 1 heterocycles. The molecule has 0 radical (unpaired) electrons. The summed E-state index contributed by atoms with van der Waals surface area (Å²) >= 11 is 0. The monoisotopic (exact) mass is 280 g/mol. The number of nitrogens with zero attached hydrogens (tertiary/aromatic N) is 2. The Morgan fingerprint density at radius 3 is 2.40 bits per heavy atom. The van der Waals surface area contributed by atoms with Gasteiger partial charge in [-0.15, -0.1) is 0 Å². The fourth-order valence-corrected chi connectivity index (χ4v) is 2.12. The second-order valence-corrected chi connectivity index (χ2v) is 5.11. The molecule has 1 rings (SSSR count). The summed E-state index contributed by atoms with van der Waals surface area (Å²) in [5.41, 5.74) is 1.07. The van der Waals surface area contributed by atoms with E-state index in [4.69, 9.17) is 4.74 Å². The van der Waals surface area contributed by atoms with E-state index >= 15 is 0 Å². The molecule has 0 saturated heterocycles. The van der Waals surface area contributed by atoms with Gasteiger partial charge in [-0.05, 0) is 26.7 Å². The topological polar surface area (TPSA) is 59.1 Å². The molecule has 0 spiro atoms. The van der Waals surface area contributed by atoms with Gasteiger partial charge in [-0.2, -0.15) is 0 Å². The first-order chi connectivity index (χ1) is 9.62. The van der Waals surface area contributed by atoms with Crippen molar-refractivity contribution in [3.05, 3.63) is 11.4 Å². The predicted octanol–water partition coefficient (Wildman–Crippen LogP) is 3.14. The van der Waals surface area contributed by atoms with Crippen LogP contribution in [0.15, 0.2) is 0 Å². The summed E-state index contributed by atoms with van der Waals surface area (Å²) in [5, 5.41) is 6.85. The van der Waals surface area contributed by atoms with E-state index in [2.05, 4.69) is 41.4 Å². The molecule has 0 saturated carbocycles. The number of aromatic nitrogens is 2. The van der Waals surface area contributed by atoms with Crippen LogP contribution < -0.4 is 10.6 Å². The summed E-state index contributed by atoms with van der Waals surface area (Å²) in [5.74, 6) is 2.62. The second-order valence-electron chi connectivity index (χ2n) is 5.11. The Morgan fingerprint density at radius 2 is 1.80 bits per heavy atom. The van der Waals surface area contributed by atoms with Gasteiger partial charge in [0.05, 0.1) is 12.6 Å². The highest BCUT2D eigenvalue weighted by molar-refractivity contribution is 5.57. The van der Waals surface area contributed by atoms with Gasteiger partial charge < -0.3 is 15.4 Å². The lowest BCUT2D eigenvalue weighted by Crippen LogP contribution is -2.26. The highest BCUT2D eigenvalue weighted by atomic mass is 16.5. The lowest BCUT2D eigenvalue weighted by atomic mass is 10.1. The van der Waals surface area contributed by atoms with Gasteiger partial charge in [0.2, 0.25) is 0 Å². The molecule has 20 heavy (non-hydrogen) atoms. The molecule has 1 atom stereocenters. The molecule has 0 aromatic carbocycles. The van der Waals surface area contributed by atoms with Crippen molar-refractivity contribution >= 4 is 11.6 Å². The first kappa shape index (κ1) is 16.7. The van der Waals surface area contributed by atoms with E-state index in [9.17, 15) is 0 Å². The fraction of sp³-hybridized carbons (Fsp3) is 0.733. The standard InChI is InChI=1S/C15H28N4O/c1-6-8-13(10-20-5)19-15-11(3)14(16-9-7-2)17-12(4)18-15/h13H,6-10H2,1-5H3,(H2,16,17,18,19). The number of aryl methyl sites for hydroxylation is 1. The predicted molar refractivity (Wildman–Crippen MR) is 84.5 cm³/mol. The molecule has 0 aliphatic heterocycles. The maximum Gasteiger partial charge on any atom is 0.135 e. The molecule has 1 unspecified atom stereocenters. The van der Waals surface area contributed by atoms with Gasteiger partial charge in [0, 0.05) is 19.2 Å². The number of rotatable bonds is 9. The summed E-state index contributed by atoms with van der Waals surface area (Å²) in [6.45, 7) is 9.91. The smallest absolute Gasteiger partial charge is 0.135 e. The Kier molecular flexibility index (Phi) is 7.30. The maximum absolute atomic E-state index is 5.27. The number of nitrogens with one attached hydrogen (secondary N) is 2. The van der Waals surface area contributed by atoms with Crippen LogP contribution in [0.1, 0.15) is 44.5 Å². The van der Waals surface area contributed by atoms with Crippen LogP contribution in [0.25, 0.3) is 0 Å². The number of methoxy groups -OCH3 is 1. The zero-order valence-electron chi connectivity index (χ0n) is 13.4. The zero-order valence-corrected chi connectivity index (χ0v) is 13.4. The van der Waals surface area contributed by atoms with Crippen LogP contribution >= 0.6 is 0 Å². The van der Waals surface area contributed by atoms with Gasteiger partial charge in [-0.1, -0.05) is 20.3 Å². The molecule has 0 amide bonds. The highest BCUT2D eigenvalue weighted by Crippen LogP contribution is 2.21. The number of hydrogen-bond acceptors (Lipinski definition) is 5. The average Bonchev–Trinajstić information content (AvgIpc) is 2.41. The van der Waals surface area contributed by atoms with Crippen molar-refractivity contribution in [3.8, 4) is 0 Å². The highest BCUT2D eigenvalue weighted by Gasteiger charge is 2.13. The summed E-state index contributed by atoms with van der Waals surface area (Å²) in [6, 6.07) is 0.289. The molecule has 1 aromatic heterocycles. The van der Waals surface area contributed by atoms with Crippen molar-refractivity contribution in [2.75, 3.05) is 30.9 Å². The van der Waals surface area contributed by atoms with E-state index in [0.717, 1.165) is 48.8 Å². The minimum absolute atomic E-state index is 0.289. The van der Waals surface area contributed by atoms with Crippen molar-refractivity contribution in [2.45, 2.75) is 53.0 Å². The molecular weight excluding hydrogens is 252 g/mol. The Labute approximate surface area is 122 Å². The van der Waals surface area contributed by atoms with Crippen molar-refractivity contribution in [1.29, 1.82) is 0 Å². The number of ether oxygens (including phenoxy) is 1. The fourth-order valence-electron chi connectivity index (χ4n) is 2.12. The van der Waals surface area contributed by atoms with Crippen molar-refractivity contribution in [3.63, 3.8) is 0 Å². The Morgan fingerprint density at radius 1 is 1.10 bits per heavy atom. The van der Waals surface area contributed by atoms with E-state index in [1.54, 1.807) is 7.11 Å². The van der Waals surface area contributed by atoms with Crippen LogP contribution in [-0.2, 0) is 4.74 Å². The molecule has 0 fully saturated rings. The van der Waals surface area contributed by atoms with Crippen molar-refractivity contribution in [1.82, 2.24) is 9.97 Å². The lowest BCUT2D eigenvalue weighted by molar-refractivity contribution is 0.182. The van der Waals surface area contributed by atoms with Gasteiger partial charge in [0.25, 0.3) is 0 Å². The summed E-state index contributed by atoms with van der Waals surface area (Å²) < 4.78 is 5.27. The maximum atomic E-state index is 5.27. The third-order valence-corrected chi connectivity index (χ3v) is 3.15. The second kappa shape index (κ2) is 8.74. The van der Waals surface area contributed by atoms with E-state index < -0.39 is 0 Å². The average molecular weight is 280 g/mol. The lowest BCUT2D eigenvalue weighted by Gasteiger charge is -2.20. The minimum Gasteiger partial charge on any atom is -0.383 e. The number of anilines is 2. The summed E-state index contributed by atoms with van der Waals surface area (Å²) in [7, 11) is 1.73. The van der Waals surface area contributed by atoms with Gasteiger partial charge in [0.15, 0.2) is 0 Å². The molecule has 0 aliphatic carbocycles. The van der Waals surface area contributed by atoms with Crippen LogP contribution in [-0.4, -0.2) is 36.3 Å². The number of hydrogen-bond donors (Lipinski definition) is 2. The van der Waals surface area contributed by atoms with Gasteiger partial charge in [-0.25, -0.2) is 9.97 Å². The largest absolute Gasteiger partial charge is 0.383 e. The van der Waals surface area contributed by atoms with Gasteiger partial charge in [0.1, 0.15) is 17.5 Å².